The van der Waals surface area contributed by atoms with E-state index in [4.69, 9.17) is 0 Å². The minimum Gasteiger partial charge on any atom is -0.348 e. The standard InChI is InChI=1S/C23H35BrN2OS2/c1-3-28-23(29-4-2)14-6-5-9-20(21(23)26-15-7-8-16-26)25-22(27)19-12-10-18(17-24)11-13-19/h10-13,20-21H,3-9,14-17H2,1-2H3,(H,25,27). The number of hydrogen-bond donors (Lipinski definition) is 1. The van der Waals surface area contributed by atoms with Gasteiger partial charge in [-0.2, -0.15) is 0 Å². The Morgan fingerprint density at radius 2 is 1.76 bits per heavy atom. The summed E-state index contributed by atoms with van der Waals surface area (Å²) in [7, 11) is 0. The fourth-order valence-electron chi connectivity index (χ4n) is 4.89. The number of alkyl halides is 1. The Morgan fingerprint density at radius 3 is 2.34 bits per heavy atom. The van der Waals surface area contributed by atoms with E-state index in [9.17, 15) is 4.79 Å². The van der Waals surface area contributed by atoms with Crippen LogP contribution in [0, 0.1) is 0 Å². The molecular weight excluding hydrogens is 464 g/mol. The lowest BCUT2D eigenvalue weighted by Gasteiger charge is -2.46. The van der Waals surface area contributed by atoms with Gasteiger partial charge in [0.25, 0.3) is 5.91 Å². The van der Waals surface area contributed by atoms with Gasteiger partial charge in [-0.1, -0.05) is 54.8 Å². The van der Waals surface area contributed by atoms with Crippen molar-refractivity contribution >= 4 is 45.4 Å². The second-order valence-corrected chi connectivity index (χ2v) is 12.0. The van der Waals surface area contributed by atoms with E-state index in [0.29, 0.717) is 6.04 Å². The largest absolute Gasteiger partial charge is 0.348 e. The van der Waals surface area contributed by atoms with Crippen LogP contribution < -0.4 is 5.32 Å². The number of thioether (sulfide) groups is 2. The quantitative estimate of drug-likeness (QED) is 0.273. The van der Waals surface area contributed by atoms with Crippen molar-refractivity contribution in [1.82, 2.24) is 10.2 Å². The van der Waals surface area contributed by atoms with Crippen molar-refractivity contribution < 1.29 is 4.79 Å². The van der Waals surface area contributed by atoms with Crippen LogP contribution in [0.5, 0.6) is 0 Å². The Balaban J connectivity index is 1.87. The average molecular weight is 500 g/mol. The summed E-state index contributed by atoms with van der Waals surface area (Å²) in [4.78, 5) is 15.9. The summed E-state index contributed by atoms with van der Waals surface area (Å²) in [5.74, 6) is 2.34. The zero-order valence-electron chi connectivity index (χ0n) is 17.8. The smallest absolute Gasteiger partial charge is 0.251 e. The topological polar surface area (TPSA) is 32.3 Å². The highest BCUT2D eigenvalue weighted by Crippen LogP contribution is 2.50. The Bertz CT molecular complexity index is 643. The molecule has 2 fully saturated rings. The van der Waals surface area contributed by atoms with E-state index >= 15 is 0 Å². The number of carbonyl (C=O) groups is 1. The van der Waals surface area contributed by atoms with Crippen LogP contribution in [0.1, 0.15) is 68.3 Å². The third-order valence-electron chi connectivity index (χ3n) is 6.12. The molecule has 0 radical (unpaired) electrons. The third kappa shape index (κ3) is 5.75. The van der Waals surface area contributed by atoms with Crippen LogP contribution in [-0.4, -0.2) is 51.6 Å². The van der Waals surface area contributed by atoms with Crippen LogP contribution in [-0.2, 0) is 5.33 Å². The van der Waals surface area contributed by atoms with Crippen LogP contribution in [0.4, 0.5) is 0 Å². The molecule has 29 heavy (non-hydrogen) atoms. The molecule has 2 aliphatic rings. The van der Waals surface area contributed by atoms with Gasteiger partial charge in [-0.3, -0.25) is 9.69 Å². The summed E-state index contributed by atoms with van der Waals surface area (Å²) < 4.78 is 0.183. The molecule has 1 aliphatic heterocycles. The van der Waals surface area contributed by atoms with E-state index in [1.54, 1.807) is 0 Å². The summed E-state index contributed by atoms with van der Waals surface area (Å²) in [6, 6.07) is 8.63. The molecule has 0 aromatic heterocycles. The number of rotatable bonds is 8. The maximum absolute atomic E-state index is 13.2. The predicted molar refractivity (Wildman–Crippen MR) is 132 cm³/mol. The fraction of sp³-hybridized carbons (Fsp3) is 0.696. The molecule has 3 rings (SSSR count). The average Bonchev–Trinajstić information content (AvgIpc) is 3.20. The van der Waals surface area contributed by atoms with E-state index in [0.717, 1.165) is 28.8 Å². The minimum atomic E-state index is 0.0825. The molecule has 2 atom stereocenters. The van der Waals surface area contributed by atoms with Gasteiger partial charge >= 0.3 is 0 Å². The van der Waals surface area contributed by atoms with Gasteiger partial charge in [-0.15, -0.1) is 23.5 Å². The van der Waals surface area contributed by atoms with Gasteiger partial charge in [0, 0.05) is 16.9 Å². The number of amides is 1. The summed E-state index contributed by atoms with van der Waals surface area (Å²) in [5, 5.41) is 4.31. The molecule has 0 spiro atoms. The molecule has 1 N–H and O–H groups in total. The van der Waals surface area contributed by atoms with Crippen molar-refractivity contribution in [3.05, 3.63) is 35.4 Å². The summed E-state index contributed by atoms with van der Waals surface area (Å²) in [6.45, 7) is 6.92. The van der Waals surface area contributed by atoms with Crippen LogP contribution in [0.25, 0.3) is 0 Å². The molecule has 3 nitrogen and oxygen atoms in total. The van der Waals surface area contributed by atoms with Crippen molar-refractivity contribution in [1.29, 1.82) is 0 Å². The maximum atomic E-state index is 13.2. The van der Waals surface area contributed by atoms with Gasteiger partial charge in [0.1, 0.15) is 0 Å². The van der Waals surface area contributed by atoms with Crippen molar-refractivity contribution in [2.45, 2.75) is 73.9 Å². The van der Waals surface area contributed by atoms with Crippen LogP contribution in [0.2, 0.25) is 0 Å². The second-order valence-electron chi connectivity index (χ2n) is 8.02. The lowest BCUT2D eigenvalue weighted by Crippen LogP contribution is -2.59. The van der Waals surface area contributed by atoms with Gasteiger partial charge in [0.15, 0.2) is 0 Å². The fourth-order valence-corrected chi connectivity index (χ4v) is 8.83. The highest BCUT2D eigenvalue weighted by atomic mass is 79.9. The molecule has 0 bridgehead atoms. The molecule has 1 amide bonds. The number of halogens is 1. The minimum absolute atomic E-state index is 0.0825. The Labute approximate surface area is 193 Å². The second kappa shape index (κ2) is 11.4. The molecule has 2 unspecified atom stereocenters. The molecule has 162 valence electrons. The molecule has 1 aliphatic carbocycles. The molecule has 1 heterocycles. The predicted octanol–water partition coefficient (Wildman–Crippen LogP) is 5.92. The third-order valence-corrected chi connectivity index (χ3v) is 9.92. The maximum Gasteiger partial charge on any atom is 0.251 e. The SMILES string of the molecule is CCSC1(SCC)CCCCC(NC(=O)c2ccc(CBr)cc2)C1N1CCCC1. The van der Waals surface area contributed by atoms with Gasteiger partial charge in [0.2, 0.25) is 0 Å². The molecular formula is C23H35BrN2OS2. The van der Waals surface area contributed by atoms with Crippen LogP contribution in [0.3, 0.4) is 0 Å². The monoisotopic (exact) mass is 498 g/mol. The number of benzene rings is 1. The highest BCUT2D eigenvalue weighted by Gasteiger charge is 2.48. The summed E-state index contributed by atoms with van der Waals surface area (Å²) in [6.07, 6.45) is 7.37. The first-order valence-electron chi connectivity index (χ1n) is 11.1. The first-order valence-corrected chi connectivity index (χ1v) is 14.2. The lowest BCUT2D eigenvalue weighted by molar-refractivity contribution is 0.0892. The summed E-state index contributed by atoms with van der Waals surface area (Å²) in [5.41, 5.74) is 1.97. The summed E-state index contributed by atoms with van der Waals surface area (Å²) >= 11 is 7.74. The van der Waals surface area contributed by atoms with Crippen LogP contribution >= 0.6 is 39.5 Å². The Morgan fingerprint density at radius 1 is 1.10 bits per heavy atom. The van der Waals surface area contributed by atoms with E-state index in [1.807, 2.05) is 24.3 Å². The van der Waals surface area contributed by atoms with Crippen molar-refractivity contribution in [2.24, 2.45) is 0 Å². The first-order chi connectivity index (χ1) is 14.1. The van der Waals surface area contributed by atoms with Gasteiger partial charge in [-0.05, 0) is 68.0 Å². The van der Waals surface area contributed by atoms with E-state index in [2.05, 4.69) is 63.5 Å². The zero-order chi connectivity index (χ0) is 20.7. The highest BCUT2D eigenvalue weighted by molar-refractivity contribution is 9.08. The van der Waals surface area contributed by atoms with Gasteiger partial charge < -0.3 is 5.32 Å². The van der Waals surface area contributed by atoms with Crippen molar-refractivity contribution in [3.63, 3.8) is 0 Å². The van der Waals surface area contributed by atoms with Crippen molar-refractivity contribution in [2.75, 3.05) is 24.6 Å². The van der Waals surface area contributed by atoms with E-state index in [1.165, 1.54) is 50.8 Å². The normalized spacial score (nSPS) is 24.9. The Hall–Kier alpha value is -0.170. The number of nitrogens with zero attached hydrogens (tertiary/aromatic N) is 1. The first kappa shape index (κ1) is 23.5. The number of likely N-dealkylation sites (tertiary alicyclic amines) is 1. The molecule has 6 heteroatoms. The van der Waals surface area contributed by atoms with E-state index in [-0.39, 0.29) is 16.0 Å². The molecule has 1 saturated carbocycles. The number of nitrogens with one attached hydrogen (secondary N) is 1. The lowest BCUT2D eigenvalue weighted by atomic mass is 9.99. The number of hydrogen-bond acceptors (Lipinski definition) is 4. The van der Waals surface area contributed by atoms with Crippen LogP contribution in [0.15, 0.2) is 24.3 Å². The molecule has 1 aromatic carbocycles. The van der Waals surface area contributed by atoms with Gasteiger partial charge in [0.05, 0.1) is 10.1 Å². The molecule has 1 aromatic rings. The molecule has 1 saturated heterocycles. The zero-order valence-corrected chi connectivity index (χ0v) is 21.0. The van der Waals surface area contributed by atoms with E-state index < -0.39 is 0 Å². The Kier molecular flexibility index (Phi) is 9.27. The number of carbonyl (C=O) groups excluding carboxylic acids is 1. The van der Waals surface area contributed by atoms with Crippen molar-refractivity contribution in [3.8, 4) is 0 Å². The van der Waals surface area contributed by atoms with Gasteiger partial charge in [-0.25, -0.2) is 0 Å².